The molecule has 80 valence electrons. The average Bonchev–Trinajstić information content (AvgIpc) is 2.80. The van der Waals surface area contributed by atoms with Gasteiger partial charge >= 0.3 is 5.97 Å². The minimum atomic E-state index is -0.919. The Morgan fingerprint density at radius 3 is 2.93 bits per heavy atom. The van der Waals surface area contributed by atoms with Crippen molar-refractivity contribution < 1.29 is 9.90 Å². The van der Waals surface area contributed by atoms with Crippen LogP contribution in [0.25, 0.3) is 0 Å². The predicted octanol–water partition coefficient (Wildman–Crippen LogP) is 1.81. The van der Waals surface area contributed by atoms with Crippen molar-refractivity contribution in [3.8, 4) is 0 Å². The lowest BCUT2D eigenvalue weighted by molar-refractivity contribution is -0.138. The molecule has 0 radical (unpaired) electrons. The molecule has 0 spiro atoms. The van der Waals surface area contributed by atoms with Crippen LogP contribution >= 0.6 is 20.3 Å². The molecule has 0 aromatic rings. The Labute approximate surface area is 96.2 Å². The van der Waals surface area contributed by atoms with E-state index in [4.69, 9.17) is 9.71 Å². The summed E-state index contributed by atoms with van der Waals surface area (Å²) in [4.78, 5) is 10.6. The van der Waals surface area contributed by atoms with Gasteiger partial charge in [-0.25, -0.2) is 13.8 Å². The second-order valence-corrected chi connectivity index (χ2v) is 7.75. The Balaban J connectivity index is 2.23. The first-order valence-corrected chi connectivity index (χ1v) is 8.56. The molecule has 8 heteroatoms. The molecule has 3 atom stereocenters. The van der Waals surface area contributed by atoms with Crippen molar-refractivity contribution in [2.24, 2.45) is 4.36 Å². The maximum atomic E-state index is 10.6. The molecule has 1 heterocycles. The highest BCUT2D eigenvalue weighted by molar-refractivity contribution is 8.94. The summed E-state index contributed by atoms with van der Waals surface area (Å²) in [6.07, 6.45) is 2.18. The largest absolute Gasteiger partial charge is 0.480 e. The second-order valence-electron chi connectivity index (χ2n) is 2.83. The van der Waals surface area contributed by atoms with Crippen molar-refractivity contribution in [1.29, 1.82) is 4.61 Å². The van der Waals surface area contributed by atoms with Crippen LogP contribution in [0.15, 0.2) is 4.36 Å². The van der Waals surface area contributed by atoms with E-state index in [1.54, 1.807) is 10.8 Å². The third-order valence-corrected chi connectivity index (χ3v) is 5.86. The number of carboxylic acids is 1. The lowest BCUT2D eigenvalue weighted by Crippen LogP contribution is -2.17. The number of carboxylic acid groups (broad SMARTS) is 1. The molecule has 0 bridgehead atoms. The van der Waals surface area contributed by atoms with Crippen molar-refractivity contribution >= 4 is 47.6 Å². The summed E-state index contributed by atoms with van der Waals surface area (Å²) >= 11 is 4.53. The molecule has 1 rings (SSSR count). The number of carbonyl (C=O) groups is 1. The van der Waals surface area contributed by atoms with Gasteiger partial charge in [-0.05, 0) is 28.8 Å². The number of nitrogens with zero attached hydrogens (tertiary/aromatic N) is 2. The molecule has 1 aliphatic rings. The highest BCUT2D eigenvalue weighted by Crippen LogP contribution is 2.59. The van der Waals surface area contributed by atoms with Gasteiger partial charge in [-0.2, -0.15) is 0 Å². The fourth-order valence-electron chi connectivity index (χ4n) is 1.02. The van der Waals surface area contributed by atoms with Crippen molar-refractivity contribution in [2.75, 3.05) is 0 Å². The maximum Gasteiger partial charge on any atom is 0.329 e. The molecule has 14 heavy (non-hydrogen) atoms. The Morgan fingerprint density at radius 1 is 1.86 bits per heavy atom. The summed E-state index contributed by atoms with van der Waals surface area (Å²) in [5, 5.41) is 8.73. The number of aliphatic carboxylic acids is 1. The van der Waals surface area contributed by atoms with Crippen LogP contribution in [0, 0.1) is 4.61 Å². The van der Waals surface area contributed by atoms with E-state index in [1.165, 1.54) is 0 Å². The van der Waals surface area contributed by atoms with E-state index in [0.717, 1.165) is 23.0 Å². The molecule has 1 saturated heterocycles. The first kappa shape index (κ1) is 12.2. The molecular weight excluding hydrogens is 260 g/mol. The van der Waals surface area contributed by atoms with Crippen molar-refractivity contribution in [3.63, 3.8) is 0 Å². The van der Waals surface area contributed by atoms with Gasteiger partial charge in [-0.3, -0.25) is 0 Å². The molecule has 4 nitrogen and oxygen atoms in total. The maximum absolute atomic E-state index is 10.6. The molecule has 0 saturated carbocycles. The van der Waals surface area contributed by atoms with Crippen LogP contribution in [0.5, 0.6) is 0 Å². The van der Waals surface area contributed by atoms with E-state index in [9.17, 15) is 4.79 Å². The van der Waals surface area contributed by atoms with E-state index in [1.807, 2.05) is 0 Å². The van der Waals surface area contributed by atoms with Gasteiger partial charge in [0.1, 0.15) is 0 Å². The van der Waals surface area contributed by atoms with E-state index in [0.29, 0.717) is 11.0 Å². The van der Waals surface area contributed by atoms with Gasteiger partial charge in [0.15, 0.2) is 6.04 Å². The number of thiol groups is 1. The third kappa shape index (κ3) is 4.10. The third-order valence-electron chi connectivity index (χ3n) is 1.81. The minimum absolute atomic E-state index is 0.371. The van der Waals surface area contributed by atoms with Gasteiger partial charge in [-0.1, -0.05) is 10.8 Å². The van der Waals surface area contributed by atoms with E-state index >= 15 is 0 Å². The first-order valence-electron chi connectivity index (χ1n) is 4.02. The number of hydrogen-bond acceptors (Lipinski definition) is 5. The van der Waals surface area contributed by atoms with Crippen LogP contribution in [0.3, 0.4) is 0 Å². The van der Waals surface area contributed by atoms with E-state index in [2.05, 4.69) is 15.6 Å². The molecule has 1 fully saturated rings. The molecule has 0 aliphatic carbocycles. The summed E-state index contributed by atoms with van der Waals surface area (Å²) in [6, 6.07) is -0.689. The van der Waals surface area contributed by atoms with Crippen LogP contribution in [0.4, 0.5) is 0 Å². The van der Waals surface area contributed by atoms with Crippen LogP contribution in [0.2, 0.25) is 0 Å². The topological polar surface area (TPSA) is 73.5 Å². The second kappa shape index (κ2) is 5.87. The molecule has 0 aromatic heterocycles. The van der Waals surface area contributed by atoms with Gasteiger partial charge in [-0.15, -0.1) is 0 Å². The minimum Gasteiger partial charge on any atom is -0.480 e. The number of rotatable bonds is 6. The van der Waals surface area contributed by atoms with E-state index in [-0.39, 0.29) is 0 Å². The van der Waals surface area contributed by atoms with E-state index < -0.39 is 21.6 Å². The zero-order valence-electron chi connectivity index (χ0n) is 7.20. The van der Waals surface area contributed by atoms with Crippen LogP contribution in [-0.2, 0) is 26.1 Å². The molecule has 1 N–H and O–H groups in total. The summed E-state index contributed by atoms with van der Waals surface area (Å²) < 4.78 is 13.2. The lowest BCUT2D eigenvalue weighted by Gasteiger charge is -2.03. The van der Waals surface area contributed by atoms with Gasteiger partial charge in [0.25, 0.3) is 0 Å². The zero-order valence-corrected chi connectivity index (χ0v) is 10.5. The fraction of sp³-hybridized carbons (Fsp3) is 0.833. The summed E-state index contributed by atoms with van der Waals surface area (Å²) in [6.45, 7) is 0. The van der Waals surface area contributed by atoms with Crippen molar-refractivity contribution in [1.82, 2.24) is 0 Å². The Morgan fingerprint density at radius 2 is 2.50 bits per heavy atom. The predicted molar refractivity (Wildman–Crippen MR) is 64.5 cm³/mol. The SMILES string of the molecule is N#[SH]1SC1CCCC(N=S=S)C(=O)O. The van der Waals surface area contributed by atoms with Crippen LogP contribution < -0.4 is 0 Å². The molecule has 1 aliphatic heterocycles. The monoisotopic (exact) mass is 270 g/mol. The van der Waals surface area contributed by atoms with Gasteiger partial charge < -0.3 is 5.11 Å². The van der Waals surface area contributed by atoms with Crippen LogP contribution in [-0.4, -0.2) is 21.7 Å². The fourth-order valence-corrected chi connectivity index (χ4v) is 4.10. The highest BCUT2D eigenvalue weighted by Gasteiger charge is 2.29. The normalized spacial score (nSPS) is 26.5. The van der Waals surface area contributed by atoms with Gasteiger partial charge in [0.2, 0.25) is 0 Å². The quantitative estimate of drug-likeness (QED) is 0.437. The Bertz CT molecular complexity index is 341. The zero-order chi connectivity index (χ0) is 10.6. The lowest BCUT2D eigenvalue weighted by atomic mass is 10.1. The average molecular weight is 270 g/mol. The molecule has 0 amide bonds. The standard InChI is InChI=1S/C6H10N2O2S4/c7-14-5(12-14)3-1-2-4(6(9)10)8-13-11/h4-5,14H,1-3H2,(H,9,10). The smallest absolute Gasteiger partial charge is 0.329 e. The molecular formula is C6H10N2O2S4. The van der Waals surface area contributed by atoms with Crippen molar-refractivity contribution in [2.45, 2.75) is 29.9 Å². The molecule has 0 aromatic carbocycles. The Hall–Kier alpha value is 0.120. The van der Waals surface area contributed by atoms with Crippen molar-refractivity contribution in [3.05, 3.63) is 0 Å². The highest BCUT2D eigenvalue weighted by atomic mass is 33.2. The van der Waals surface area contributed by atoms with Gasteiger partial charge in [0, 0.05) is 21.3 Å². The summed E-state index contributed by atoms with van der Waals surface area (Å²) in [7, 11) is 1.60. The molecule has 3 unspecified atom stereocenters. The summed E-state index contributed by atoms with van der Waals surface area (Å²) in [5.41, 5.74) is 0. The number of hydrogen-bond donors (Lipinski definition) is 2. The Kier molecular flexibility index (Phi) is 5.11. The van der Waals surface area contributed by atoms with Gasteiger partial charge in [0.05, 0.1) is 4.58 Å². The summed E-state index contributed by atoms with van der Waals surface area (Å²) in [5.74, 6) is -0.919. The first-order chi connectivity index (χ1) is 6.65. The van der Waals surface area contributed by atoms with Crippen LogP contribution in [0.1, 0.15) is 19.3 Å².